The van der Waals surface area contributed by atoms with Crippen molar-refractivity contribution in [3.63, 3.8) is 0 Å². The fourth-order valence-corrected chi connectivity index (χ4v) is 2.04. The molecule has 0 saturated heterocycles. The molecule has 1 heterocycles. The number of carbonyl (C=O) groups is 2. The van der Waals surface area contributed by atoms with Crippen molar-refractivity contribution in [2.75, 3.05) is 18.9 Å². The highest BCUT2D eigenvalue weighted by Crippen LogP contribution is 2.24. The minimum Gasteiger partial charge on any atom is -0.331 e. The molecule has 0 unspecified atom stereocenters. The van der Waals surface area contributed by atoms with Gasteiger partial charge in [0.15, 0.2) is 0 Å². The van der Waals surface area contributed by atoms with Crippen molar-refractivity contribution in [3.8, 4) is 0 Å². The maximum atomic E-state index is 12.1. The van der Waals surface area contributed by atoms with E-state index in [1.165, 1.54) is 18.1 Å². The third kappa shape index (κ3) is 4.19. The molecule has 5 nitrogen and oxygen atoms in total. The molecular weight excluding hydrogens is 325 g/mol. The van der Waals surface area contributed by atoms with Crippen LogP contribution in [0.25, 0.3) is 0 Å². The fraction of sp³-hybridized carbons (Fsp3) is 0.133. The molecule has 7 heteroatoms. The Labute approximate surface area is 137 Å². The second kappa shape index (κ2) is 7.24. The number of nitrogens with one attached hydrogen (secondary N) is 1. The number of amides is 2. The van der Waals surface area contributed by atoms with E-state index < -0.39 is 0 Å². The summed E-state index contributed by atoms with van der Waals surface area (Å²) in [6, 6.07) is 9.78. The van der Waals surface area contributed by atoms with Gasteiger partial charge in [-0.3, -0.25) is 14.6 Å². The molecule has 1 N–H and O–H groups in total. The number of aromatic nitrogens is 1. The number of halogens is 2. The Morgan fingerprint density at radius 3 is 2.59 bits per heavy atom. The van der Waals surface area contributed by atoms with E-state index >= 15 is 0 Å². The molecule has 0 bridgehead atoms. The highest BCUT2D eigenvalue weighted by atomic mass is 35.5. The Balaban J connectivity index is 1.96. The summed E-state index contributed by atoms with van der Waals surface area (Å²) in [4.78, 5) is 29.3. The van der Waals surface area contributed by atoms with Crippen LogP contribution in [0, 0.1) is 0 Å². The predicted octanol–water partition coefficient (Wildman–Crippen LogP) is 3.10. The lowest BCUT2D eigenvalue weighted by Crippen LogP contribution is -2.35. The van der Waals surface area contributed by atoms with Crippen molar-refractivity contribution in [1.82, 2.24) is 9.88 Å². The van der Waals surface area contributed by atoms with Crippen molar-refractivity contribution in [3.05, 3.63) is 58.3 Å². The van der Waals surface area contributed by atoms with Gasteiger partial charge in [-0.25, -0.2) is 0 Å². The zero-order valence-corrected chi connectivity index (χ0v) is 13.2. The van der Waals surface area contributed by atoms with E-state index in [0.29, 0.717) is 15.7 Å². The standard InChI is InChI=1S/C15H13Cl2N3O2/c1-20(15(22)13-4-2-3-7-18-13)9-14(21)19-10-5-6-11(16)12(17)8-10/h2-8H,9H2,1H3,(H,19,21). The molecule has 0 aliphatic rings. The molecule has 2 rings (SSSR count). The van der Waals surface area contributed by atoms with Gasteiger partial charge < -0.3 is 10.2 Å². The molecule has 0 saturated carbocycles. The molecule has 0 aliphatic heterocycles. The summed E-state index contributed by atoms with van der Waals surface area (Å²) in [6.45, 7) is -0.102. The van der Waals surface area contributed by atoms with Crippen LogP contribution >= 0.6 is 23.2 Å². The quantitative estimate of drug-likeness (QED) is 0.932. The number of anilines is 1. The van der Waals surface area contributed by atoms with Crippen molar-refractivity contribution in [1.29, 1.82) is 0 Å². The monoisotopic (exact) mass is 337 g/mol. The van der Waals surface area contributed by atoms with Crippen LogP contribution in [0.5, 0.6) is 0 Å². The molecule has 22 heavy (non-hydrogen) atoms. The molecule has 0 fully saturated rings. The lowest BCUT2D eigenvalue weighted by Gasteiger charge is -2.16. The van der Waals surface area contributed by atoms with Gasteiger partial charge in [0.05, 0.1) is 16.6 Å². The Morgan fingerprint density at radius 1 is 1.18 bits per heavy atom. The summed E-state index contributed by atoms with van der Waals surface area (Å²) in [5, 5.41) is 3.40. The summed E-state index contributed by atoms with van der Waals surface area (Å²) < 4.78 is 0. The first-order valence-electron chi connectivity index (χ1n) is 6.39. The molecule has 0 spiro atoms. The Morgan fingerprint density at radius 2 is 1.95 bits per heavy atom. The van der Waals surface area contributed by atoms with Crippen molar-refractivity contribution in [2.24, 2.45) is 0 Å². The normalized spacial score (nSPS) is 10.1. The number of hydrogen-bond acceptors (Lipinski definition) is 3. The molecule has 0 radical (unpaired) electrons. The van der Waals surface area contributed by atoms with E-state index in [1.807, 2.05) is 0 Å². The van der Waals surface area contributed by atoms with Crippen LogP contribution in [0.15, 0.2) is 42.6 Å². The number of hydrogen-bond donors (Lipinski definition) is 1. The summed E-state index contributed by atoms with van der Waals surface area (Å²) in [6.07, 6.45) is 1.52. The SMILES string of the molecule is CN(CC(=O)Nc1ccc(Cl)c(Cl)c1)C(=O)c1ccccn1. The van der Waals surface area contributed by atoms with Gasteiger partial charge in [0.2, 0.25) is 5.91 Å². The van der Waals surface area contributed by atoms with Gasteiger partial charge in [-0.1, -0.05) is 29.3 Å². The molecule has 2 amide bonds. The molecule has 0 atom stereocenters. The van der Waals surface area contributed by atoms with Gasteiger partial charge in [0.25, 0.3) is 5.91 Å². The molecule has 1 aromatic heterocycles. The van der Waals surface area contributed by atoms with Crippen LogP contribution in [0.3, 0.4) is 0 Å². The van der Waals surface area contributed by atoms with E-state index in [9.17, 15) is 9.59 Å². The Hall–Kier alpha value is -2.11. The third-order valence-corrected chi connectivity index (χ3v) is 3.55. The molecule has 114 valence electrons. The molecular formula is C15H13Cl2N3O2. The number of pyridine rings is 1. The van der Waals surface area contributed by atoms with Crippen LogP contribution in [-0.2, 0) is 4.79 Å². The highest BCUT2D eigenvalue weighted by molar-refractivity contribution is 6.42. The lowest BCUT2D eigenvalue weighted by molar-refractivity contribution is -0.116. The zero-order valence-electron chi connectivity index (χ0n) is 11.7. The van der Waals surface area contributed by atoms with Gasteiger partial charge in [-0.05, 0) is 30.3 Å². The molecule has 1 aromatic carbocycles. The summed E-state index contributed by atoms with van der Waals surface area (Å²) >= 11 is 11.7. The molecule has 0 aliphatic carbocycles. The number of benzene rings is 1. The topological polar surface area (TPSA) is 62.3 Å². The zero-order chi connectivity index (χ0) is 16.1. The summed E-state index contributed by atoms with van der Waals surface area (Å²) in [7, 11) is 1.53. The van der Waals surface area contributed by atoms with E-state index in [4.69, 9.17) is 23.2 Å². The maximum absolute atomic E-state index is 12.1. The maximum Gasteiger partial charge on any atom is 0.272 e. The van der Waals surface area contributed by atoms with Gasteiger partial charge in [-0.2, -0.15) is 0 Å². The van der Waals surface area contributed by atoms with Gasteiger partial charge in [-0.15, -0.1) is 0 Å². The van der Waals surface area contributed by atoms with E-state index in [2.05, 4.69) is 10.3 Å². The minimum absolute atomic E-state index is 0.102. The Bertz CT molecular complexity index is 692. The molecule has 2 aromatic rings. The third-order valence-electron chi connectivity index (χ3n) is 2.81. The number of carbonyl (C=O) groups excluding carboxylic acids is 2. The average molecular weight is 338 g/mol. The summed E-state index contributed by atoms with van der Waals surface area (Å²) in [5.41, 5.74) is 0.797. The Kier molecular flexibility index (Phi) is 5.35. The van der Waals surface area contributed by atoms with Crippen molar-refractivity contribution < 1.29 is 9.59 Å². The van der Waals surface area contributed by atoms with Crippen LogP contribution < -0.4 is 5.32 Å². The van der Waals surface area contributed by atoms with E-state index in [0.717, 1.165) is 0 Å². The van der Waals surface area contributed by atoms with E-state index in [-0.39, 0.29) is 24.1 Å². The first-order chi connectivity index (χ1) is 10.5. The number of rotatable bonds is 4. The smallest absolute Gasteiger partial charge is 0.272 e. The van der Waals surface area contributed by atoms with Crippen LogP contribution in [0.4, 0.5) is 5.69 Å². The largest absolute Gasteiger partial charge is 0.331 e. The van der Waals surface area contributed by atoms with Crippen LogP contribution in [-0.4, -0.2) is 35.3 Å². The average Bonchev–Trinajstić information content (AvgIpc) is 2.51. The first-order valence-corrected chi connectivity index (χ1v) is 7.14. The second-order valence-corrected chi connectivity index (χ2v) is 5.37. The van der Waals surface area contributed by atoms with Gasteiger partial charge >= 0.3 is 0 Å². The van der Waals surface area contributed by atoms with E-state index in [1.54, 1.807) is 36.4 Å². The first kappa shape index (κ1) is 16.3. The number of nitrogens with zero attached hydrogens (tertiary/aromatic N) is 2. The lowest BCUT2D eigenvalue weighted by atomic mass is 10.3. The highest BCUT2D eigenvalue weighted by Gasteiger charge is 2.16. The second-order valence-electron chi connectivity index (χ2n) is 4.55. The summed E-state index contributed by atoms with van der Waals surface area (Å²) in [5.74, 6) is -0.671. The minimum atomic E-state index is -0.342. The van der Waals surface area contributed by atoms with Crippen molar-refractivity contribution >= 4 is 40.7 Å². The van der Waals surface area contributed by atoms with Gasteiger partial charge in [0.1, 0.15) is 5.69 Å². The van der Waals surface area contributed by atoms with Crippen LogP contribution in [0.1, 0.15) is 10.5 Å². The van der Waals surface area contributed by atoms with Gasteiger partial charge in [0, 0.05) is 18.9 Å². The predicted molar refractivity (Wildman–Crippen MR) is 86.3 cm³/mol. The fourth-order valence-electron chi connectivity index (χ4n) is 1.75. The van der Waals surface area contributed by atoms with Crippen LogP contribution in [0.2, 0.25) is 10.0 Å². The van der Waals surface area contributed by atoms with Crippen molar-refractivity contribution in [2.45, 2.75) is 0 Å². The number of likely N-dealkylation sites (N-methyl/N-ethyl adjacent to an activating group) is 1.